The second-order valence-corrected chi connectivity index (χ2v) is 10.2. The average Bonchev–Trinajstić information content (AvgIpc) is 3.45. The van der Waals surface area contributed by atoms with E-state index in [-0.39, 0.29) is 10.8 Å². The minimum absolute atomic E-state index is 0.0605. The minimum Gasteiger partial charge on any atom is -0.355 e. The Kier molecular flexibility index (Phi) is 5.77. The maximum Gasteiger partial charge on any atom is 0.262 e. The lowest BCUT2D eigenvalue weighted by atomic mass is 9.94. The summed E-state index contributed by atoms with van der Waals surface area (Å²) in [6, 6.07) is 10.8. The highest BCUT2D eigenvalue weighted by atomic mass is 32.2. The lowest BCUT2D eigenvalue weighted by molar-refractivity contribution is -0.123. The van der Waals surface area contributed by atoms with Gasteiger partial charge in [0.2, 0.25) is 5.91 Å². The van der Waals surface area contributed by atoms with Gasteiger partial charge in [-0.05, 0) is 80.0 Å². The van der Waals surface area contributed by atoms with Gasteiger partial charge in [-0.3, -0.25) is 9.52 Å². The van der Waals surface area contributed by atoms with Crippen LogP contribution in [0.4, 0.5) is 5.69 Å². The number of aryl methyl sites for hydroxylation is 3. The van der Waals surface area contributed by atoms with Crippen molar-refractivity contribution < 1.29 is 13.2 Å². The van der Waals surface area contributed by atoms with E-state index in [1.165, 1.54) is 0 Å². The van der Waals surface area contributed by atoms with Gasteiger partial charge < -0.3 is 5.32 Å². The fourth-order valence-corrected chi connectivity index (χ4v) is 4.90. The highest BCUT2D eigenvalue weighted by molar-refractivity contribution is 7.92. The van der Waals surface area contributed by atoms with Gasteiger partial charge in [-0.2, -0.15) is 0 Å². The van der Waals surface area contributed by atoms with E-state index in [4.69, 9.17) is 0 Å². The van der Waals surface area contributed by atoms with E-state index < -0.39 is 15.4 Å². The summed E-state index contributed by atoms with van der Waals surface area (Å²) >= 11 is 0. The van der Waals surface area contributed by atoms with Crippen LogP contribution in [0, 0.1) is 26.7 Å². The minimum atomic E-state index is -3.68. The monoisotopic (exact) mass is 414 g/mol. The molecule has 0 atom stereocenters. The molecule has 0 radical (unpaired) electrons. The predicted octanol–water partition coefficient (Wildman–Crippen LogP) is 4.22. The third-order valence-corrected chi connectivity index (χ3v) is 7.15. The maximum atomic E-state index is 12.9. The van der Waals surface area contributed by atoms with Gasteiger partial charge in [0.15, 0.2) is 0 Å². The number of hydrogen-bond donors (Lipinski definition) is 2. The first-order valence-electron chi connectivity index (χ1n) is 10.0. The summed E-state index contributed by atoms with van der Waals surface area (Å²) in [5.74, 6) is 0.464. The Labute approximate surface area is 174 Å². The van der Waals surface area contributed by atoms with Crippen LogP contribution in [-0.4, -0.2) is 20.9 Å². The number of carbonyl (C=O) groups is 1. The van der Waals surface area contributed by atoms with Crippen LogP contribution < -0.4 is 10.0 Å². The summed E-state index contributed by atoms with van der Waals surface area (Å²) in [7, 11) is -3.68. The van der Waals surface area contributed by atoms with Gasteiger partial charge >= 0.3 is 0 Å². The quantitative estimate of drug-likeness (QED) is 0.712. The Balaban J connectivity index is 1.77. The van der Waals surface area contributed by atoms with Crippen molar-refractivity contribution in [1.29, 1.82) is 0 Å². The van der Waals surface area contributed by atoms with Crippen LogP contribution in [0.2, 0.25) is 0 Å². The first kappa shape index (κ1) is 21.4. The summed E-state index contributed by atoms with van der Waals surface area (Å²) in [5, 5.41) is 3.02. The summed E-state index contributed by atoms with van der Waals surface area (Å²) in [5.41, 5.74) is 3.69. The first-order valence-corrected chi connectivity index (χ1v) is 11.5. The molecule has 1 aliphatic carbocycles. The lowest BCUT2D eigenvalue weighted by Gasteiger charge is -2.18. The highest BCUT2D eigenvalue weighted by Crippen LogP contribution is 2.48. The topological polar surface area (TPSA) is 75.3 Å². The zero-order chi connectivity index (χ0) is 21.4. The van der Waals surface area contributed by atoms with E-state index in [0.29, 0.717) is 18.2 Å². The highest BCUT2D eigenvalue weighted by Gasteiger charge is 2.51. The summed E-state index contributed by atoms with van der Waals surface area (Å²) in [4.78, 5) is 12.9. The number of rotatable bonds is 7. The third-order valence-electron chi connectivity index (χ3n) is 5.63. The van der Waals surface area contributed by atoms with Gasteiger partial charge in [0.1, 0.15) is 0 Å². The SMILES string of the molecule is Cc1cc(C)c(S(=O)(=O)Nc2ccc(C3(C(=O)NCC(C)C)CC3)cc2)cc1C. The summed E-state index contributed by atoms with van der Waals surface area (Å²) in [6.07, 6.45) is 1.65. The van der Waals surface area contributed by atoms with Crippen molar-refractivity contribution in [3.05, 3.63) is 58.7 Å². The predicted molar refractivity (Wildman–Crippen MR) is 117 cm³/mol. The molecular weight excluding hydrogens is 384 g/mol. The zero-order valence-electron chi connectivity index (χ0n) is 17.8. The van der Waals surface area contributed by atoms with E-state index >= 15 is 0 Å². The largest absolute Gasteiger partial charge is 0.355 e. The van der Waals surface area contributed by atoms with Crippen molar-refractivity contribution in [2.45, 2.75) is 57.8 Å². The summed E-state index contributed by atoms with van der Waals surface area (Å²) in [6.45, 7) is 10.5. The molecule has 156 valence electrons. The molecule has 0 saturated heterocycles. The average molecular weight is 415 g/mol. The Morgan fingerprint density at radius 3 is 2.14 bits per heavy atom. The Bertz CT molecular complexity index is 1020. The van der Waals surface area contributed by atoms with Gasteiger partial charge in [-0.1, -0.05) is 32.0 Å². The fourth-order valence-electron chi connectivity index (χ4n) is 3.53. The molecule has 1 aliphatic rings. The van der Waals surface area contributed by atoms with Crippen molar-refractivity contribution in [2.24, 2.45) is 5.92 Å². The van der Waals surface area contributed by atoms with Crippen molar-refractivity contribution in [3.8, 4) is 0 Å². The number of nitrogens with one attached hydrogen (secondary N) is 2. The fraction of sp³-hybridized carbons (Fsp3) is 0.435. The van der Waals surface area contributed by atoms with Gasteiger partial charge in [0, 0.05) is 12.2 Å². The molecule has 0 spiro atoms. The smallest absolute Gasteiger partial charge is 0.262 e. The molecule has 1 fully saturated rings. The first-order chi connectivity index (χ1) is 13.5. The molecule has 6 heteroatoms. The standard InChI is InChI=1S/C23H30N2O3S/c1-15(2)14-24-22(26)23(10-11-23)19-6-8-20(9-7-19)25-29(27,28)21-13-17(4)16(3)12-18(21)5/h6-9,12-13,15,25H,10-11,14H2,1-5H3,(H,24,26). The van der Waals surface area contributed by atoms with E-state index in [1.54, 1.807) is 25.1 Å². The molecule has 3 rings (SSSR count). The van der Waals surface area contributed by atoms with Crippen LogP contribution in [-0.2, 0) is 20.2 Å². The molecule has 2 aromatic rings. The number of amides is 1. The molecule has 1 amide bonds. The number of benzene rings is 2. The van der Waals surface area contributed by atoms with E-state index in [0.717, 1.165) is 35.1 Å². The van der Waals surface area contributed by atoms with Gasteiger partial charge in [0.25, 0.3) is 10.0 Å². The van der Waals surface area contributed by atoms with Crippen LogP contribution in [0.25, 0.3) is 0 Å². The second kappa shape index (κ2) is 7.82. The van der Waals surface area contributed by atoms with Crippen molar-refractivity contribution in [2.75, 3.05) is 11.3 Å². The number of hydrogen-bond acceptors (Lipinski definition) is 3. The van der Waals surface area contributed by atoms with Crippen molar-refractivity contribution >= 4 is 21.6 Å². The second-order valence-electron chi connectivity index (χ2n) is 8.57. The number of carbonyl (C=O) groups excluding carboxylic acids is 1. The Morgan fingerprint density at radius 1 is 1.00 bits per heavy atom. The molecule has 0 aliphatic heterocycles. The van der Waals surface area contributed by atoms with E-state index in [9.17, 15) is 13.2 Å². The normalized spacial score (nSPS) is 15.2. The molecule has 2 aromatic carbocycles. The summed E-state index contributed by atoms with van der Waals surface area (Å²) < 4.78 is 28.4. The van der Waals surface area contributed by atoms with Gasteiger partial charge in [-0.15, -0.1) is 0 Å². The molecule has 0 aromatic heterocycles. The maximum absolute atomic E-state index is 12.9. The molecular formula is C23H30N2O3S. The molecule has 1 saturated carbocycles. The van der Waals surface area contributed by atoms with Crippen molar-refractivity contribution in [1.82, 2.24) is 5.32 Å². The van der Waals surface area contributed by atoms with Crippen LogP contribution in [0.3, 0.4) is 0 Å². The van der Waals surface area contributed by atoms with Gasteiger partial charge in [0.05, 0.1) is 10.3 Å². The van der Waals surface area contributed by atoms with Crippen LogP contribution >= 0.6 is 0 Å². The molecule has 0 unspecified atom stereocenters. The third kappa shape index (κ3) is 4.47. The van der Waals surface area contributed by atoms with Crippen LogP contribution in [0.15, 0.2) is 41.3 Å². The molecule has 5 nitrogen and oxygen atoms in total. The zero-order valence-corrected chi connectivity index (χ0v) is 18.6. The van der Waals surface area contributed by atoms with Crippen LogP contribution in [0.1, 0.15) is 48.9 Å². The Morgan fingerprint density at radius 2 is 1.59 bits per heavy atom. The molecule has 2 N–H and O–H groups in total. The number of anilines is 1. The molecule has 0 bridgehead atoms. The molecule has 0 heterocycles. The van der Waals surface area contributed by atoms with E-state index in [1.807, 2.05) is 32.0 Å². The van der Waals surface area contributed by atoms with Crippen molar-refractivity contribution in [3.63, 3.8) is 0 Å². The van der Waals surface area contributed by atoms with E-state index in [2.05, 4.69) is 23.9 Å². The van der Waals surface area contributed by atoms with Crippen LogP contribution in [0.5, 0.6) is 0 Å². The number of sulfonamides is 1. The Hall–Kier alpha value is -2.34. The van der Waals surface area contributed by atoms with Gasteiger partial charge in [-0.25, -0.2) is 8.42 Å². The molecule has 29 heavy (non-hydrogen) atoms. The lowest BCUT2D eigenvalue weighted by Crippen LogP contribution is -2.36.